The summed E-state index contributed by atoms with van der Waals surface area (Å²) in [6.45, 7) is 26.7. The van der Waals surface area contributed by atoms with E-state index in [1.54, 1.807) is 50.3 Å². The molecule has 5 heterocycles. The van der Waals surface area contributed by atoms with Gasteiger partial charge in [0, 0.05) is 117 Å². The van der Waals surface area contributed by atoms with Gasteiger partial charge in [-0.25, -0.2) is 4.79 Å². The van der Waals surface area contributed by atoms with Gasteiger partial charge >= 0.3 is 6.09 Å². The van der Waals surface area contributed by atoms with Crippen molar-refractivity contribution in [1.29, 1.82) is 0 Å². The van der Waals surface area contributed by atoms with E-state index >= 15 is 0 Å². The standard InChI is InChI=1S/C81H103N9O12Si2/c1-53(2)76(84-81(95)102-50-69-65-20-15-13-18-63(65)64-19-14-16-21-66(64)69)78(92)82-54(3)77(91)83-59-26-22-55(23-27-59)57-40-61-48-87(51-98-36-38-103(7,8)9)70-44-74(72(96-5)42-67(70)79(93)89(61)46-57)100-34-17-35-101-75-45-71-68(43-73(75)97-6)80(94)90-47-58(41-62(90)49-88(71)52-99-37-39-104(10,11)12)56-24-28-60(29-25-56)86-32-30-85(4)31-33-86/h13-16,18-29,42-47,53-54,61-62,69,76H,17,30-41,48-52H2,1-12H3,(H,82,92)(H,83,91)(H,84,95)/t54-,61-,62-,76+/m0/s1. The fourth-order valence-corrected chi connectivity index (χ4v) is 15.9. The topological polar surface area (TPSA) is 205 Å². The van der Waals surface area contributed by atoms with Crippen molar-refractivity contribution in [2.75, 3.05) is 127 Å². The smallest absolute Gasteiger partial charge is 0.407 e. The summed E-state index contributed by atoms with van der Waals surface area (Å²) >= 11 is 0. The zero-order valence-corrected chi connectivity index (χ0v) is 64.5. The van der Waals surface area contributed by atoms with E-state index in [2.05, 4.69) is 118 Å². The highest BCUT2D eigenvalue weighted by molar-refractivity contribution is 6.76. The Bertz CT molecular complexity index is 4120. The number of carbonyl (C=O) groups is 5. The van der Waals surface area contributed by atoms with Gasteiger partial charge in [0.25, 0.3) is 11.8 Å². The Balaban J connectivity index is 0.680. The quantitative estimate of drug-likeness (QED) is 0.0295. The van der Waals surface area contributed by atoms with Crippen molar-refractivity contribution in [2.24, 2.45) is 5.92 Å². The Morgan fingerprint density at radius 3 is 1.51 bits per heavy atom. The number of ether oxygens (including phenoxy) is 7. The molecule has 0 radical (unpaired) electrons. The van der Waals surface area contributed by atoms with Crippen molar-refractivity contribution in [3.8, 4) is 34.1 Å². The fraction of sp³-hybridized carbons (Fsp3) is 0.444. The number of benzene rings is 6. The monoisotopic (exact) mass is 1450 g/mol. The highest BCUT2D eigenvalue weighted by Crippen LogP contribution is 2.47. The number of methoxy groups -OCH3 is 2. The molecule has 5 aliphatic heterocycles. The molecule has 0 aromatic heterocycles. The molecule has 12 rings (SSSR count). The number of alkyl carbamates (subject to hydrolysis) is 1. The van der Waals surface area contributed by atoms with Gasteiger partial charge in [-0.05, 0) is 126 Å². The second-order valence-electron chi connectivity index (χ2n) is 31.0. The van der Waals surface area contributed by atoms with Crippen LogP contribution in [0.25, 0.3) is 22.3 Å². The van der Waals surface area contributed by atoms with Gasteiger partial charge in [0.05, 0.1) is 62.0 Å². The molecule has 552 valence electrons. The molecule has 0 unspecified atom stereocenters. The molecule has 1 saturated heterocycles. The van der Waals surface area contributed by atoms with E-state index < -0.39 is 46.1 Å². The fourth-order valence-electron chi connectivity index (χ4n) is 14.4. The molecule has 6 aromatic carbocycles. The molecular weight excluding hydrogens is 1350 g/mol. The van der Waals surface area contributed by atoms with E-state index in [4.69, 9.17) is 33.2 Å². The van der Waals surface area contributed by atoms with Gasteiger partial charge in [-0.1, -0.05) is 126 Å². The maximum absolute atomic E-state index is 15.0. The van der Waals surface area contributed by atoms with Crippen molar-refractivity contribution in [2.45, 2.75) is 121 Å². The van der Waals surface area contributed by atoms with E-state index in [0.29, 0.717) is 97.8 Å². The molecule has 5 amide bonds. The molecule has 6 aromatic rings. The number of likely N-dealkylation sites (N-methyl/N-ethyl adjacent to an activating group) is 1. The normalized spacial score (nSPS) is 17.9. The number of rotatable bonds is 29. The maximum atomic E-state index is 15.0. The highest BCUT2D eigenvalue weighted by Gasteiger charge is 2.41. The van der Waals surface area contributed by atoms with Crippen molar-refractivity contribution in [3.63, 3.8) is 0 Å². The number of fused-ring (bicyclic) bond motifs is 7. The number of carbonyl (C=O) groups excluding carboxylic acids is 5. The van der Waals surface area contributed by atoms with Gasteiger partial charge in [0.2, 0.25) is 11.8 Å². The summed E-state index contributed by atoms with van der Waals surface area (Å²) in [6, 6.07) is 39.5. The lowest BCUT2D eigenvalue weighted by Gasteiger charge is -2.34. The van der Waals surface area contributed by atoms with Gasteiger partial charge in [-0.3, -0.25) is 19.2 Å². The highest BCUT2D eigenvalue weighted by atomic mass is 28.3. The first kappa shape index (κ1) is 74.6. The first-order chi connectivity index (χ1) is 49.9. The van der Waals surface area contributed by atoms with E-state index in [1.807, 2.05) is 91.8 Å². The first-order valence-electron chi connectivity index (χ1n) is 36.7. The van der Waals surface area contributed by atoms with E-state index in [0.717, 1.165) is 88.5 Å². The lowest BCUT2D eigenvalue weighted by Crippen LogP contribution is -2.53. The third-order valence-electron chi connectivity index (χ3n) is 20.6. The van der Waals surface area contributed by atoms with Crippen LogP contribution in [0.2, 0.25) is 51.4 Å². The van der Waals surface area contributed by atoms with E-state index in [1.165, 1.54) is 5.69 Å². The molecular formula is C81H103N9O12Si2. The predicted octanol–water partition coefficient (Wildman–Crippen LogP) is 13.1. The SMILES string of the molecule is COc1cc2c(cc1OCCCOc1cc3c(cc1OC)C(=O)N1C=C(c4ccc(N5CCN(C)CC5)cc4)C[C@H]1CN3COCC[Si](C)(C)C)N(COCC[Si](C)(C)C)C[C@@H]1CC(c3ccc(NC(=O)[C@H](C)NC(=O)[C@H](NC(=O)OCC4c5ccccc5-c5ccccc54)C(C)C)cc3)=CN1C2=O. The number of nitrogens with one attached hydrogen (secondary N) is 3. The molecule has 1 fully saturated rings. The van der Waals surface area contributed by atoms with Gasteiger partial charge < -0.3 is 78.5 Å². The minimum Gasteiger partial charge on any atom is -0.493 e. The second-order valence-corrected chi connectivity index (χ2v) is 42.2. The number of amides is 5. The third-order valence-corrected chi connectivity index (χ3v) is 24.0. The Morgan fingerprint density at radius 2 is 1.04 bits per heavy atom. The zero-order valence-electron chi connectivity index (χ0n) is 62.5. The zero-order chi connectivity index (χ0) is 73.6. The number of hydrogen-bond acceptors (Lipinski definition) is 16. The lowest BCUT2D eigenvalue weighted by molar-refractivity contribution is -0.128. The Morgan fingerprint density at radius 1 is 0.558 bits per heavy atom. The average Bonchev–Trinajstić information content (AvgIpc) is 1.61. The van der Waals surface area contributed by atoms with E-state index in [9.17, 15) is 24.0 Å². The molecule has 23 heteroatoms. The van der Waals surface area contributed by atoms with Crippen molar-refractivity contribution >= 4 is 79.8 Å². The summed E-state index contributed by atoms with van der Waals surface area (Å²) < 4.78 is 43.7. The van der Waals surface area contributed by atoms with Gasteiger partial charge in [0.15, 0.2) is 23.0 Å². The summed E-state index contributed by atoms with van der Waals surface area (Å²) in [5.74, 6) is 0.139. The van der Waals surface area contributed by atoms with Crippen LogP contribution in [-0.4, -0.2) is 192 Å². The van der Waals surface area contributed by atoms with Crippen LogP contribution in [-0.2, 0) is 23.8 Å². The summed E-state index contributed by atoms with van der Waals surface area (Å²) in [5, 5.41) is 8.45. The van der Waals surface area contributed by atoms with E-state index in [-0.39, 0.29) is 62.3 Å². The molecule has 1 aliphatic carbocycles. The third kappa shape index (κ3) is 17.5. The van der Waals surface area contributed by atoms with Gasteiger partial charge in [-0.2, -0.15) is 0 Å². The molecule has 3 N–H and O–H groups in total. The largest absolute Gasteiger partial charge is 0.493 e. The minimum atomic E-state index is -1.43. The number of nitrogens with zero attached hydrogens (tertiary/aromatic N) is 6. The van der Waals surface area contributed by atoms with Crippen LogP contribution in [0.3, 0.4) is 0 Å². The van der Waals surface area contributed by atoms with Crippen LogP contribution in [0.15, 0.2) is 134 Å². The lowest BCUT2D eigenvalue weighted by atomic mass is 9.98. The summed E-state index contributed by atoms with van der Waals surface area (Å²) in [4.78, 5) is 83.2. The van der Waals surface area contributed by atoms with Crippen LogP contribution in [0.5, 0.6) is 23.0 Å². The predicted molar refractivity (Wildman–Crippen MR) is 415 cm³/mol. The number of piperazine rings is 1. The Labute approximate surface area is 614 Å². The average molecular weight is 1450 g/mol. The summed E-state index contributed by atoms with van der Waals surface area (Å²) in [7, 11) is 2.51. The number of hydrogen-bond donors (Lipinski definition) is 3. The van der Waals surface area contributed by atoms with Crippen molar-refractivity contribution in [1.82, 2.24) is 25.3 Å². The van der Waals surface area contributed by atoms with Gasteiger partial charge in [-0.15, -0.1) is 0 Å². The molecule has 104 heavy (non-hydrogen) atoms. The molecule has 0 bridgehead atoms. The van der Waals surface area contributed by atoms with Crippen LogP contribution in [0.4, 0.5) is 27.5 Å². The summed E-state index contributed by atoms with van der Waals surface area (Å²) in [5.41, 5.74) is 12.6. The Kier molecular flexibility index (Phi) is 23.3. The number of anilines is 4. The Hall–Kier alpha value is -9.14. The van der Waals surface area contributed by atoms with Gasteiger partial charge in [0.1, 0.15) is 32.2 Å². The molecule has 6 aliphatic rings. The maximum Gasteiger partial charge on any atom is 0.407 e. The van der Waals surface area contributed by atoms with Crippen molar-refractivity contribution < 1.29 is 57.1 Å². The van der Waals surface area contributed by atoms with Crippen LogP contribution in [0, 0.1) is 5.92 Å². The first-order valence-corrected chi connectivity index (χ1v) is 44.1. The molecule has 4 atom stereocenters. The van der Waals surface area contributed by atoms with Crippen LogP contribution < -0.4 is 49.6 Å². The molecule has 21 nitrogen and oxygen atoms in total. The molecule has 0 saturated carbocycles. The minimum absolute atomic E-state index is 0.0979. The summed E-state index contributed by atoms with van der Waals surface area (Å²) in [6.07, 6.45) is 4.97. The second kappa shape index (κ2) is 32.5. The molecule has 0 spiro atoms. The van der Waals surface area contributed by atoms with Crippen LogP contribution >= 0.6 is 0 Å². The van der Waals surface area contributed by atoms with Crippen LogP contribution in [0.1, 0.15) is 88.9 Å². The van der Waals surface area contributed by atoms with Crippen molar-refractivity contribution in [3.05, 3.63) is 167 Å².